The molecular formula is C9H9ClN2O. The Morgan fingerprint density at radius 3 is 2.77 bits per heavy atom. The fraction of sp³-hybridized carbons (Fsp3) is 0. The fourth-order valence-electron chi connectivity index (χ4n) is 1.15. The third-order valence-corrected chi connectivity index (χ3v) is 1.78. The molecule has 1 aromatic carbocycles. The van der Waals surface area contributed by atoms with Gasteiger partial charge in [0.05, 0.1) is 5.69 Å². The van der Waals surface area contributed by atoms with E-state index < -0.39 is 0 Å². The summed E-state index contributed by atoms with van der Waals surface area (Å²) in [5.41, 5.74) is 6.41. The van der Waals surface area contributed by atoms with Crippen molar-refractivity contribution in [1.82, 2.24) is 4.98 Å². The topological polar surface area (TPSA) is 59.1 Å². The van der Waals surface area contributed by atoms with Gasteiger partial charge in [-0.25, -0.2) is 0 Å². The van der Waals surface area contributed by atoms with Crippen molar-refractivity contribution in [3.8, 4) is 5.75 Å². The van der Waals surface area contributed by atoms with Gasteiger partial charge in [0.2, 0.25) is 0 Å². The molecule has 4 heteroatoms. The number of aromatic nitrogens is 1. The highest BCUT2D eigenvalue weighted by Crippen LogP contribution is 2.27. The summed E-state index contributed by atoms with van der Waals surface area (Å²) in [4.78, 5) is 4.01. The molecule has 0 bridgehead atoms. The molecule has 0 saturated heterocycles. The number of phenols is 1. The van der Waals surface area contributed by atoms with Crippen LogP contribution < -0.4 is 5.73 Å². The molecule has 2 aromatic rings. The highest BCUT2D eigenvalue weighted by Gasteiger charge is 2.02. The maximum absolute atomic E-state index is 9.47. The zero-order valence-corrected chi connectivity index (χ0v) is 7.58. The van der Waals surface area contributed by atoms with E-state index in [4.69, 9.17) is 5.73 Å². The lowest BCUT2D eigenvalue weighted by molar-refractivity contribution is 0.483. The van der Waals surface area contributed by atoms with Gasteiger partial charge >= 0.3 is 0 Å². The van der Waals surface area contributed by atoms with Gasteiger partial charge in [0.1, 0.15) is 5.52 Å². The van der Waals surface area contributed by atoms with Gasteiger partial charge in [-0.3, -0.25) is 4.98 Å². The molecule has 0 radical (unpaired) electrons. The van der Waals surface area contributed by atoms with Crippen LogP contribution in [0.5, 0.6) is 5.75 Å². The minimum atomic E-state index is 0. The van der Waals surface area contributed by atoms with Crippen LogP contribution in [-0.2, 0) is 0 Å². The first-order valence-corrected chi connectivity index (χ1v) is 3.61. The molecule has 1 aromatic heterocycles. The lowest BCUT2D eigenvalue weighted by Crippen LogP contribution is -1.87. The lowest BCUT2D eigenvalue weighted by Gasteiger charge is -2.01. The van der Waals surface area contributed by atoms with E-state index in [1.807, 2.05) is 18.2 Å². The summed E-state index contributed by atoms with van der Waals surface area (Å²) in [5, 5.41) is 10.4. The molecule has 0 aliphatic heterocycles. The van der Waals surface area contributed by atoms with Crippen LogP contribution >= 0.6 is 12.4 Å². The van der Waals surface area contributed by atoms with E-state index in [-0.39, 0.29) is 18.2 Å². The van der Waals surface area contributed by atoms with E-state index >= 15 is 0 Å². The monoisotopic (exact) mass is 196 g/mol. The number of nitrogens with zero attached hydrogens (tertiary/aromatic N) is 1. The standard InChI is InChI=1S/C9H8N2O.ClH/c10-7-4-3-6-2-1-5-11-8(6)9(7)12;/h1-5,12H,10H2;1H. The minimum absolute atomic E-state index is 0. The number of fused-ring (bicyclic) bond motifs is 1. The maximum atomic E-state index is 9.47. The summed E-state index contributed by atoms with van der Waals surface area (Å²) in [6.07, 6.45) is 1.63. The zero-order chi connectivity index (χ0) is 8.55. The molecule has 3 N–H and O–H groups in total. The van der Waals surface area contributed by atoms with E-state index in [0.717, 1.165) is 5.39 Å². The number of nitrogen functional groups attached to an aromatic ring is 1. The number of anilines is 1. The van der Waals surface area contributed by atoms with Crippen LogP contribution in [-0.4, -0.2) is 10.1 Å². The molecule has 13 heavy (non-hydrogen) atoms. The summed E-state index contributed by atoms with van der Waals surface area (Å²) in [5.74, 6) is 0.0631. The first kappa shape index (κ1) is 9.61. The van der Waals surface area contributed by atoms with Crippen molar-refractivity contribution >= 4 is 29.0 Å². The van der Waals surface area contributed by atoms with Crippen LogP contribution in [0.25, 0.3) is 10.9 Å². The van der Waals surface area contributed by atoms with Gasteiger partial charge < -0.3 is 10.8 Å². The van der Waals surface area contributed by atoms with Gasteiger partial charge in [-0.05, 0) is 12.1 Å². The van der Waals surface area contributed by atoms with Gasteiger partial charge in [0, 0.05) is 11.6 Å². The summed E-state index contributed by atoms with van der Waals surface area (Å²) in [7, 11) is 0. The SMILES string of the molecule is Cl.Nc1ccc2cccnc2c1O. The van der Waals surface area contributed by atoms with Crippen molar-refractivity contribution in [1.29, 1.82) is 0 Å². The second-order valence-electron chi connectivity index (χ2n) is 2.58. The van der Waals surface area contributed by atoms with E-state index in [1.165, 1.54) is 0 Å². The molecule has 68 valence electrons. The van der Waals surface area contributed by atoms with Crippen LogP contribution in [0.2, 0.25) is 0 Å². The largest absolute Gasteiger partial charge is 0.504 e. The second kappa shape index (κ2) is 3.49. The molecule has 0 unspecified atom stereocenters. The fourth-order valence-corrected chi connectivity index (χ4v) is 1.15. The van der Waals surface area contributed by atoms with Crippen molar-refractivity contribution in [3.05, 3.63) is 30.5 Å². The van der Waals surface area contributed by atoms with Gasteiger partial charge in [-0.1, -0.05) is 12.1 Å². The molecule has 0 amide bonds. The Labute approximate surface area is 81.6 Å². The van der Waals surface area contributed by atoms with Crippen molar-refractivity contribution in [2.24, 2.45) is 0 Å². The van der Waals surface area contributed by atoms with Crippen LogP contribution in [0.3, 0.4) is 0 Å². The van der Waals surface area contributed by atoms with Gasteiger partial charge in [-0.15, -0.1) is 12.4 Å². The van der Waals surface area contributed by atoms with E-state index in [2.05, 4.69) is 4.98 Å². The second-order valence-corrected chi connectivity index (χ2v) is 2.58. The molecular weight excluding hydrogens is 188 g/mol. The summed E-state index contributed by atoms with van der Waals surface area (Å²) < 4.78 is 0. The summed E-state index contributed by atoms with van der Waals surface area (Å²) >= 11 is 0. The molecule has 0 aliphatic rings. The zero-order valence-electron chi connectivity index (χ0n) is 6.77. The van der Waals surface area contributed by atoms with E-state index in [0.29, 0.717) is 11.2 Å². The first-order valence-electron chi connectivity index (χ1n) is 3.61. The number of phenolic OH excluding ortho intramolecular Hbond substituents is 1. The predicted octanol–water partition coefficient (Wildman–Crippen LogP) is 1.94. The third-order valence-electron chi connectivity index (χ3n) is 1.78. The molecule has 1 heterocycles. The summed E-state index contributed by atoms with van der Waals surface area (Å²) in [6, 6.07) is 7.19. The molecule has 0 spiro atoms. The molecule has 0 fully saturated rings. The lowest BCUT2D eigenvalue weighted by atomic mass is 10.2. The Bertz CT molecular complexity index is 431. The van der Waals surface area contributed by atoms with Gasteiger partial charge in [0.25, 0.3) is 0 Å². The van der Waals surface area contributed by atoms with Crippen LogP contribution in [0.15, 0.2) is 30.5 Å². The molecule has 3 nitrogen and oxygen atoms in total. The van der Waals surface area contributed by atoms with E-state index in [1.54, 1.807) is 12.3 Å². The molecule has 2 rings (SSSR count). The molecule has 0 saturated carbocycles. The minimum Gasteiger partial charge on any atom is -0.504 e. The van der Waals surface area contributed by atoms with Crippen LogP contribution in [0.4, 0.5) is 5.69 Å². The number of aromatic hydroxyl groups is 1. The number of rotatable bonds is 0. The average Bonchev–Trinajstić information content (AvgIpc) is 2.12. The van der Waals surface area contributed by atoms with Crippen molar-refractivity contribution < 1.29 is 5.11 Å². The van der Waals surface area contributed by atoms with Crippen molar-refractivity contribution in [3.63, 3.8) is 0 Å². The molecule has 0 aliphatic carbocycles. The highest BCUT2D eigenvalue weighted by atomic mass is 35.5. The third kappa shape index (κ3) is 1.51. The van der Waals surface area contributed by atoms with E-state index in [9.17, 15) is 5.11 Å². The number of hydrogen-bond acceptors (Lipinski definition) is 3. The quantitative estimate of drug-likeness (QED) is 0.500. The Kier molecular flexibility index (Phi) is 2.58. The van der Waals surface area contributed by atoms with Crippen molar-refractivity contribution in [2.45, 2.75) is 0 Å². The Morgan fingerprint density at radius 1 is 1.23 bits per heavy atom. The number of halogens is 1. The summed E-state index contributed by atoms with van der Waals surface area (Å²) in [6.45, 7) is 0. The Balaban J connectivity index is 0.000000845. The molecule has 0 atom stereocenters. The number of hydrogen-bond donors (Lipinski definition) is 2. The number of nitrogens with two attached hydrogens (primary N) is 1. The average molecular weight is 197 g/mol. The van der Waals surface area contributed by atoms with Crippen molar-refractivity contribution in [2.75, 3.05) is 5.73 Å². The first-order chi connectivity index (χ1) is 5.79. The predicted molar refractivity (Wildman–Crippen MR) is 55.1 cm³/mol. The smallest absolute Gasteiger partial charge is 0.165 e. The van der Waals surface area contributed by atoms with Gasteiger partial charge in [-0.2, -0.15) is 0 Å². The normalized spacial score (nSPS) is 9.54. The number of benzene rings is 1. The Hall–Kier alpha value is -1.48. The highest BCUT2D eigenvalue weighted by molar-refractivity contribution is 5.88. The number of pyridine rings is 1. The maximum Gasteiger partial charge on any atom is 0.165 e. The van der Waals surface area contributed by atoms with Crippen LogP contribution in [0, 0.1) is 0 Å². The van der Waals surface area contributed by atoms with Crippen LogP contribution in [0.1, 0.15) is 0 Å². The van der Waals surface area contributed by atoms with Gasteiger partial charge in [0.15, 0.2) is 5.75 Å². The Morgan fingerprint density at radius 2 is 2.00 bits per heavy atom.